The van der Waals surface area contributed by atoms with Crippen molar-refractivity contribution in [1.29, 1.82) is 0 Å². The van der Waals surface area contributed by atoms with Crippen molar-refractivity contribution >= 4 is 6.08 Å². The van der Waals surface area contributed by atoms with Gasteiger partial charge in [0.15, 0.2) is 0 Å². The van der Waals surface area contributed by atoms with E-state index in [1.165, 1.54) is 33.6 Å². The number of H-pyrrole nitrogens is 1. The van der Waals surface area contributed by atoms with Gasteiger partial charge in [-0.15, -0.1) is 0 Å². The SMILES string of the molecule is Cc1c(C(/C=C/c2ccccc2)c2ccccc2)[nH]c2c1CC=CC2. The number of hydrogen-bond donors (Lipinski definition) is 1. The van der Waals surface area contributed by atoms with Gasteiger partial charge in [-0.05, 0) is 35.6 Å². The zero-order valence-corrected chi connectivity index (χ0v) is 14.6. The molecule has 1 aliphatic carbocycles. The highest BCUT2D eigenvalue weighted by Gasteiger charge is 2.21. The van der Waals surface area contributed by atoms with Gasteiger partial charge in [-0.3, -0.25) is 0 Å². The van der Waals surface area contributed by atoms with E-state index in [4.69, 9.17) is 0 Å². The molecule has 0 aliphatic heterocycles. The van der Waals surface area contributed by atoms with Gasteiger partial charge in [0.1, 0.15) is 0 Å². The molecule has 1 heteroatoms. The van der Waals surface area contributed by atoms with Crippen molar-refractivity contribution in [2.75, 3.05) is 0 Å². The van der Waals surface area contributed by atoms with E-state index in [9.17, 15) is 0 Å². The van der Waals surface area contributed by atoms with Crippen LogP contribution in [0.4, 0.5) is 0 Å². The molecule has 1 heterocycles. The molecule has 0 amide bonds. The summed E-state index contributed by atoms with van der Waals surface area (Å²) in [6.07, 6.45) is 11.2. The molecule has 0 bridgehead atoms. The number of allylic oxidation sites excluding steroid dienone is 3. The molecule has 1 unspecified atom stereocenters. The molecule has 0 radical (unpaired) electrons. The fourth-order valence-electron chi connectivity index (χ4n) is 3.69. The third-order valence-electron chi connectivity index (χ3n) is 5.07. The zero-order valence-electron chi connectivity index (χ0n) is 14.6. The summed E-state index contributed by atoms with van der Waals surface area (Å²) in [6.45, 7) is 2.26. The summed E-state index contributed by atoms with van der Waals surface area (Å²) < 4.78 is 0. The number of fused-ring (bicyclic) bond motifs is 1. The summed E-state index contributed by atoms with van der Waals surface area (Å²) in [5, 5.41) is 0. The normalized spacial score (nSPS) is 14.6. The molecule has 1 aliphatic rings. The van der Waals surface area contributed by atoms with Crippen LogP contribution in [0.25, 0.3) is 6.08 Å². The molecular formula is C24H23N. The predicted octanol–water partition coefficient (Wildman–Crippen LogP) is 5.82. The molecule has 1 nitrogen and oxygen atoms in total. The highest BCUT2D eigenvalue weighted by Crippen LogP contribution is 2.33. The highest BCUT2D eigenvalue weighted by molar-refractivity contribution is 5.54. The van der Waals surface area contributed by atoms with Crippen molar-refractivity contribution < 1.29 is 0 Å². The van der Waals surface area contributed by atoms with Crippen molar-refractivity contribution in [3.8, 4) is 0 Å². The monoisotopic (exact) mass is 325 g/mol. The van der Waals surface area contributed by atoms with E-state index in [1.807, 2.05) is 0 Å². The van der Waals surface area contributed by atoms with Gasteiger partial charge in [0.05, 0.1) is 0 Å². The van der Waals surface area contributed by atoms with Gasteiger partial charge in [0, 0.05) is 23.7 Å². The summed E-state index contributed by atoms with van der Waals surface area (Å²) >= 11 is 0. The largest absolute Gasteiger partial charge is 0.361 e. The van der Waals surface area contributed by atoms with Gasteiger partial charge < -0.3 is 4.98 Å². The lowest BCUT2D eigenvalue weighted by molar-refractivity contribution is 0.944. The Morgan fingerprint density at radius 1 is 0.880 bits per heavy atom. The minimum absolute atomic E-state index is 0.243. The Balaban J connectivity index is 1.76. The Bertz CT molecular complexity index is 898. The van der Waals surface area contributed by atoms with Crippen LogP contribution in [0, 0.1) is 6.92 Å². The molecule has 3 aromatic rings. The van der Waals surface area contributed by atoms with Crippen molar-refractivity contribution in [2.24, 2.45) is 0 Å². The van der Waals surface area contributed by atoms with Crippen LogP contribution in [-0.4, -0.2) is 4.98 Å². The molecule has 2 aromatic carbocycles. The van der Waals surface area contributed by atoms with Crippen LogP contribution in [0.2, 0.25) is 0 Å². The Morgan fingerprint density at radius 3 is 2.28 bits per heavy atom. The highest BCUT2D eigenvalue weighted by atomic mass is 14.8. The molecule has 0 saturated heterocycles. The van der Waals surface area contributed by atoms with E-state index in [0.717, 1.165) is 12.8 Å². The molecule has 0 spiro atoms. The predicted molar refractivity (Wildman–Crippen MR) is 106 cm³/mol. The van der Waals surface area contributed by atoms with E-state index in [1.54, 1.807) is 0 Å². The molecule has 124 valence electrons. The van der Waals surface area contributed by atoms with Gasteiger partial charge in [0.25, 0.3) is 0 Å². The quantitative estimate of drug-likeness (QED) is 0.581. The van der Waals surface area contributed by atoms with Gasteiger partial charge >= 0.3 is 0 Å². The third kappa shape index (κ3) is 3.23. The summed E-state index contributed by atoms with van der Waals surface area (Å²) in [5.74, 6) is 0.243. The van der Waals surface area contributed by atoms with Crippen LogP contribution in [0.3, 0.4) is 0 Å². The first-order chi connectivity index (χ1) is 12.3. The smallest absolute Gasteiger partial charge is 0.0426 e. The Morgan fingerprint density at radius 2 is 1.56 bits per heavy atom. The first-order valence-corrected chi connectivity index (χ1v) is 8.96. The molecule has 1 N–H and O–H groups in total. The standard InChI is InChI=1S/C24H23N/c1-18-21-14-8-9-15-23(21)25-24(18)22(20-12-6-3-7-13-20)17-16-19-10-4-2-5-11-19/h2-13,16-17,22,25H,14-15H2,1H3/b17-16+. The molecule has 25 heavy (non-hydrogen) atoms. The lowest BCUT2D eigenvalue weighted by Gasteiger charge is -2.14. The Labute approximate surface area is 149 Å². The number of nitrogens with one attached hydrogen (secondary N) is 1. The Kier molecular flexibility index (Phi) is 4.39. The van der Waals surface area contributed by atoms with Crippen LogP contribution in [0.1, 0.15) is 39.6 Å². The van der Waals surface area contributed by atoms with Crippen LogP contribution in [0.15, 0.2) is 78.9 Å². The summed E-state index contributed by atoms with van der Waals surface area (Å²) in [7, 11) is 0. The number of rotatable bonds is 4. The zero-order chi connectivity index (χ0) is 17.1. The second-order valence-corrected chi connectivity index (χ2v) is 6.66. The van der Waals surface area contributed by atoms with Crippen molar-refractivity contribution in [1.82, 2.24) is 4.98 Å². The summed E-state index contributed by atoms with van der Waals surface area (Å²) in [5.41, 5.74) is 8.15. The fourth-order valence-corrected chi connectivity index (χ4v) is 3.69. The third-order valence-corrected chi connectivity index (χ3v) is 5.07. The lowest BCUT2D eigenvalue weighted by atomic mass is 9.91. The number of hydrogen-bond acceptors (Lipinski definition) is 0. The van der Waals surface area contributed by atoms with Crippen LogP contribution < -0.4 is 0 Å². The lowest BCUT2D eigenvalue weighted by Crippen LogP contribution is -2.00. The van der Waals surface area contributed by atoms with Crippen molar-refractivity contribution in [3.05, 3.63) is 113 Å². The second kappa shape index (κ2) is 6.98. The molecule has 4 rings (SSSR count). The van der Waals surface area contributed by atoms with Crippen LogP contribution >= 0.6 is 0 Å². The van der Waals surface area contributed by atoms with Crippen molar-refractivity contribution in [2.45, 2.75) is 25.7 Å². The first-order valence-electron chi connectivity index (χ1n) is 8.96. The molecule has 0 fully saturated rings. The maximum absolute atomic E-state index is 3.73. The van der Waals surface area contributed by atoms with E-state index < -0.39 is 0 Å². The van der Waals surface area contributed by atoms with E-state index >= 15 is 0 Å². The second-order valence-electron chi connectivity index (χ2n) is 6.66. The molecule has 1 aromatic heterocycles. The fraction of sp³-hybridized carbons (Fsp3) is 0.167. The van der Waals surface area contributed by atoms with Crippen molar-refractivity contribution in [3.63, 3.8) is 0 Å². The maximum Gasteiger partial charge on any atom is 0.0426 e. The van der Waals surface area contributed by atoms with Gasteiger partial charge in [-0.2, -0.15) is 0 Å². The number of benzene rings is 2. The summed E-state index contributed by atoms with van der Waals surface area (Å²) in [6, 6.07) is 21.3. The summed E-state index contributed by atoms with van der Waals surface area (Å²) in [4.78, 5) is 3.73. The van der Waals surface area contributed by atoms with Crippen LogP contribution in [0.5, 0.6) is 0 Å². The topological polar surface area (TPSA) is 15.8 Å². The van der Waals surface area contributed by atoms with Crippen LogP contribution in [-0.2, 0) is 12.8 Å². The van der Waals surface area contributed by atoms with Gasteiger partial charge in [-0.25, -0.2) is 0 Å². The molecule has 0 saturated carbocycles. The van der Waals surface area contributed by atoms with Gasteiger partial charge in [0.2, 0.25) is 0 Å². The number of aromatic amines is 1. The number of aromatic nitrogens is 1. The minimum Gasteiger partial charge on any atom is -0.361 e. The molecule has 1 atom stereocenters. The van der Waals surface area contributed by atoms with E-state index in [0.29, 0.717) is 0 Å². The first kappa shape index (κ1) is 15.7. The maximum atomic E-state index is 3.73. The average Bonchev–Trinajstić information content (AvgIpc) is 3.01. The minimum atomic E-state index is 0.243. The molecular weight excluding hydrogens is 302 g/mol. The Hall–Kier alpha value is -2.80. The van der Waals surface area contributed by atoms with E-state index in [-0.39, 0.29) is 5.92 Å². The average molecular weight is 325 g/mol. The van der Waals surface area contributed by atoms with Gasteiger partial charge in [-0.1, -0.05) is 85.0 Å². The van der Waals surface area contributed by atoms with E-state index in [2.05, 4.69) is 96.9 Å².